The van der Waals surface area contributed by atoms with Crippen LogP contribution in [-0.4, -0.2) is 23.7 Å². The van der Waals surface area contributed by atoms with Gasteiger partial charge >= 0.3 is 0 Å². The number of thiocarbonyl (C=S) groups is 1. The first-order chi connectivity index (χ1) is 12.1. The molecule has 0 saturated heterocycles. The number of rotatable bonds is 4. The van der Waals surface area contributed by atoms with Gasteiger partial charge in [-0.15, -0.1) is 0 Å². The Morgan fingerprint density at radius 1 is 1.16 bits per heavy atom. The fourth-order valence-corrected chi connectivity index (χ4v) is 2.82. The molecular weight excluding hydrogens is 358 g/mol. The third-order valence-electron chi connectivity index (χ3n) is 3.85. The Kier molecular flexibility index (Phi) is 5.73. The Morgan fingerprint density at radius 3 is 2.68 bits per heavy atom. The van der Waals surface area contributed by atoms with E-state index in [9.17, 15) is 4.79 Å². The number of hydrazine groups is 1. The molecule has 0 aromatic heterocycles. The molecule has 25 heavy (non-hydrogen) atoms. The molecule has 0 fully saturated rings. The number of hydrogen-bond donors (Lipinski definition) is 3. The number of carbonyl (C=O) groups excluding carboxylic acids is 1. The molecule has 1 heterocycles. The van der Waals surface area contributed by atoms with E-state index in [0.717, 1.165) is 23.3 Å². The average molecular weight is 376 g/mol. The summed E-state index contributed by atoms with van der Waals surface area (Å²) in [4.78, 5) is 12.1. The molecule has 7 heteroatoms. The zero-order valence-corrected chi connectivity index (χ0v) is 15.0. The van der Waals surface area contributed by atoms with Gasteiger partial charge in [0.15, 0.2) is 11.2 Å². The molecule has 0 spiro atoms. The molecule has 0 saturated carbocycles. The first-order valence-electron chi connectivity index (χ1n) is 7.94. The van der Waals surface area contributed by atoms with Gasteiger partial charge in [0.25, 0.3) is 5.91 Å². The molecule has 1 aliphatic rings. The van der Waals surface area contributed by atoms with Crippen molar-refractivity contribution >= 4 is 34.8 Å². The lowest BCUT2D eigenvalue weighted by Gasteiger charge is -2.14. The van der Waals surface area contributed by atoms with Crippen LogP contribution in [0.25, 0.3) is 0 Å². The number of ether oxygens (including phenoxy) is 1. The molecule has 0 aliphatic carbocycles. The maximum absolute atomic E-state index is 12.1. The minimum absolute atomic E-state index is 0.252. The Labute approximate surface area is 156 Å². The Bertz CT molecular complexity index is 742. The van der Waals surface area contributed by atoms with Crippen molar-refractivity contribution in [3.8, 4) is 5.75 Å². The van der Waals surface area contributed by atoms with Crippen LogP contribution < -0.4 is 20.9 Å². The van der Waals surface area contributed by atoms with E-state index in [1.165, 1.54) is 0 Å². The van der Waals surface area contributed by atoms with Crippen molar-refractivity contribution in [2.45, 2.75) is 18.9 Å². The summed E-state index contributed by atoms with van der Waals surface area (Å²) in [6.07, 6.45) is 0.816. The third-order valence-corrected chi connectivity index (χ3v) is 4.35. The zero-order chi connectivity index (χ0) is 17.6. The van der Waals surface area contributed by atoms with Gasteiger partial charge in [-0.3, -0.25) is 15.6 Å². The highest BCUT2D eigenvalue weighted by Crippen LogP contribution is 2.27. The fourth-order valence-electron chi connectivity index (χ4n) is 2.54. The smallest absolute Gasteiger partial charge is 0.279 e. The molecule has 0 bridgehead atoms. The summed E-state index contributed by atoms with van der Waals surface area (Å²) in [5, 5.41) is 4.12. The van der Waals surface area contributed by atoms with Crippen LogP contribution in [0.15, 0.2) is 48.5 Å². The summed E-state index contributed by atoms with van der Waals surface area (Å²) in [5.74, 6) is 0.504. The highest BCUT2D eigenvalue weighted by Gasteiger charge is 2.28. The van der Waals surface area contributed by atoms with E-state index in [1.54, 1.807) is 0 Å². The predicted molar refractivity (Wildman–Crippen MR) is 102 cm³/mol. The van der Waals surface area contributed by atoms with Crippen molar-refractivity contribution in [2.24, 2.45) is 0 Å². The van der Waals surface area contributed by atoms with E-state index in [4.69, 9.17) is 28.6 Å². The SMILES string of the molecule is O=C(NNC(=S)NCCc1ccc(Cl)cc1)[C@H]1Cc2ccccc2O1. The predicted octanol–water partition coefficient (Wildman–Crippen LogP) is 2.38. The van der Waals surface area contributed by atoms with Crippen molar-refractivity contribution in [3.63, 3.8) is 0 Å². The van der Waals surface area contributed by atoms with Crippen molar-refractivity contribution in [1.82, 2.24) is 16.2 Å². The summed E-state index contributed by atoms with van der Waals surface area (Å²) < 4.78 is 5.62. The number of carbonyl (C=O) groups is 1. The Hall–Kier alpha value is -2.31. The lowest BCUT2D eigenvalue weighted by atomic mass is 10.1. The normalized spacial score (nSPS) is 15.0. The van der Waals surface area contributed by atoms with Gasteiger partial charge in [0.1, 0.15) is 5.75 Å². The molecule has 3 rings (SSSR count). The van der Waals surface area contributed by atoms with E-state index < -0.39 is 6.10 Å². The number of benzene rings is 2. The summed E-state index contributed by atoms with van der Waals surface area (Å²) in [6, 6.07) is 15.3. The van der Waals surface area contributed by atoms with Gasteiger partial charge < -0.3 is 10.1 Å². The van der Waals surface area contributed by atoms with Crippen LogP contribution in [0.2, 0.25) is 5.02 Å². The standard InChI is InChI=1S/C18H18ClN3O2S/c19-14-7-5-12(6-8-14)9-10-20-18(25)22-21-17(23)16-11-13-3-1-2-4-15(13)24-16/h1-8,16H,9-11H2,(H,21,23)(H2,20,22,25)/t16-/m1/s1. The molecule has 130 valence electrons. The van der Waals surface area contributed by atoms with Crippen LogP contribution in [0, 0.1) is 0 Å². The maximum Gasteiger partial charge on any atom is 0.279 e. The van der Waals surface area contributed by atoms with Gasteiger partial charge in [-0.2, -0.15) is 0 Å². The largest absolute Gasteiger partial charge is 0.480 e. The molecule has 1 atom stereocenters. The summed E-state index contributed by atoms with van der Waals surface area (Å²) in [6.45, 7) is 0.648. The molecule has 2 aromatic rings. The van der Waals surface area contributed by atoms with Gasteiger partial charge in [-0.25, -0.2) is 0 Å². The number of para-hydroxylation sites is 1. The number of nitrogens with one attached hydrogen (secondary N) is 3. The molecule has 2 aromatic carbocycles. The first kappa shape index (κ1) is 17.5. The highest BCUT2D eigenvalue weighted by atomic mass is 35.5. The molecular formula is C18H18ClN3O2S. The highest BCUT2D eigenvalue weighted by molar-refractivity contribution is 7.80. The van der Waals surface area contributed by atoms with Gasteiger partial charge in [-0.1, -0.05) is 41.9 Å². The van der Waals surface area contributed by atoms with Crippen LogP contribution in [0.5, 0.6) is 5.75 Å². The molecule has 0 unspecified atom stereocenters. The number of halogens is 1. The topological polar surface area (TPSA) is 62.4 Å². The second-order valence-electron chi connectivity index (χ2n) is 5.66. The number of hydrogen-bond acceptors (Lipinski definition) is 3. The lowest BCUT2D eigenvalue weighted by Crippen LogP contribution is -2.51. The average Bonchev–Trinajstić information content (AvgIpc) is 3.05. The van der Waals surface area contributed by atoms with Gasteiger partial charge in [-0.05, 0) is 48.0 Å². The van der Waals surface area contributed by atoms with Crippen molar-refractivity contribution < 1.29 is 9.53 Å². The van der Waals surface area contributed by atoms with Gasteiger partial charge in [0.05, 0.1) is 0 Å². The lowest BCUT2D eigenvalue weighted by molar-refractivity contribution is -0.127. The molecule has 5 nitrogen and oxygen atoms in total. The molecule has 3 N–H and O–H groups in total. The maximum atomic E-state index is 12.1. The number of amides is 1. The second kappa shape index (κ2) is 8.18. The summed E-state index contributed by atoms with van der Waals surface area (Å²) in [7, 11) is 0. The van der Waals surface area contributed by atoms with Crippen LogP contribution in [-0.2, 0) is 17.6 Å². The molecule has 1 amide bonds. The summed E-state index contributed by atoms with van der Waals surface area (Å²) >= 11 is 11.0. The van der Waals surface area contributed by atoms with E-state index >= 15 is 0 Å². The van der Waals surface area contributed by atoms with Crippen LogP contribution in [0.1, 0.15) is 11.1 Å². The third kappa shape index (κ3) is 4.84. The Balaban J connectivity index is 1.36. The fraction of sp³-hybridized carbons (Fsp3) is 0.222. The van der Waals surface area contributed by atoms with Crippen molar-refractivity contribution in [3.05, 3.63) is 64.7 Å². The minimum Gasteiger partial charge on any atom is -0.480 e. The molecule has 1 aliphatic heterocycles. The number of fused-ring (bicyclic) bond motifs is 1. The van der Waals surface area contributed by atoms with E-state index in [0.29, 0.717) is 23.1 Å². The van der Waals surface area contributed by atoms with Gasteiger partial charge in [0.2, 0.25) is 0 Å². The zero-order valence-electron chi connectivity index (χ0n) is 13.4. The van der Waals surface area contributed by atoms with Crippen molar-refractivity contribution in [1.29, 1.82) is 0 Å². The monoisotopic (exact) mass is 375 g/mol. The van der Waals surface area contributed by atoms with Crippen LogP contribution >= 0.6 is 23.8 Å². The van der Waals surface area contributed by atoms with E-state index in [1.807, 2.05) is 48.5 Å². The van der Waals surface area contributed by atoms with Crippen LogP contribution in [0.4, 0.5) is 0 Å². The second-order valence-corrected chi connectivity index (χ2v) is 6.51. The first-order valence-corrected chi connectivity index (χ1v) is 8.73. The van der Waals surface area contributed by atoms with E-state index in [-0.39, 0.29) is 5.91 Å². The molecule has 0 radical (unpaired) electrons. The summed E-state index contributed by atoms with van der Waals surface area (Å²) in [5.41, 5.74) is 7.47. The minimum atomic E-state index is -0.540. The van der Waals surface area contributed by atoms with Gasteiger partial charge in [0, 0.05) is 18.0 Å². The van der Waals surface area contributed by atoms with E-state index in [2.05, 4.69) is 16.2 Å². The quantitative estimate of drug-likeness (QED) is 0.565. The Morgan fingerprint density at radius 2 is 1.92 bits per heavy atom. The van der Waals surface area contributed by atoms with Crippen LogP contribution in [0.3, 0.4) is 0 Å². The van der Waals surface area contributed by atoms with Crippen molar-refractivity contribution in [2.75, 3.05) is 6.54 Å².